The summed E-state index contributed by atoms with van der Waals surface area (Å²) >= 11 is 12.2. The number of aryl methyl sites for hydroxylation is 1. The first kappa shape index (κ1) is 33.8. The lowest BCUT2D eigenvalue weighted by Crippen LogP contribution is -2.43. The highest BCUT2D eigenvalue weighted by Crippen LogP contribution is 2.27. The molecule has 1 aromatic heterocycles. The fraction of sp³-hybridized carbons (Fsp3) is 0.219. The van der Waals surface area contributed by atoms with Gasteiger partial charge in [0, 0.05) is 18.9 Å². The van der Waals surface area contributed by atoms with Gasteiger partial charge in [-0.15, -0.1) is 0 Å². The Morgan fingerprint density at radius 3 is 2.37 bits per heavy atom. The van der Waals surface area contributed by atoms with Gasteiger partial charge in [-0.3, -0.25) is 9.59 Å². The molecular formula is C32H32Cl2N6O6. The highest BCUT2D eigenvalue weighted by molar-refractivity contribution is 6.39. The normalized spacial score (nSPS) is 11.3. The van der Waals surface area contributed by atoms with Crippen molar-refractivity contribution in [1.29, 1.82) is 0 Å². The van der Waals surface area contributed by atoms with E-state index >= 15 is 0 Å². The molecule has 4 rings (SSSR count). The van der Waals surface area contributed by atoms with Gasteiger partial charge >= 0.3 is 12.0 Å². The summed E-state index contributed by atoms with van der Waals surface area (Å²) in [6, 6.07) is 15.3. The van der Waals surface area contributed by atoms with E-state index in [1.807, 2.05) is 25.1 Å². The Hall–Kier alpha value is -5.07. The van der Waals surface area contributed by atoms with E-state index in [9.17, 15) is 24.3 Å². The lowest BCUT2D eigenvalue weighted by atomic mass is 10.1. The fourth-order valence-corrected chi connectivity index (χ4v) is 5.08. The summed E-state index contributed by atoms with van der Waals surface area (Å²) in [6.07, 6.45) is 3.07. The molecule has 0 radical (unpaired) electrons. The van der Waals surface area contributed by atoms with Crippen LogP contribution >= 0.6 is 23.2 Å². The number of aromatic nitrogens is 2. The van der Waals surface area contributed by atoms with E-state index in [4.69, 9.17) is 27.9 Å². The predicted molar refractivity (Wildman–Crippen MR) is 175 cm³/mol. The number of nitrogens with zero attached hydrogens (tertiary/aromatic N) is 3. The van der Waals surface area contributed by atoms with E-state index in [1.54, 1.807) is 43.6 Å². The Morgan fingerprint density at radius 2 is 1.70 bits per heavy atom. The summed E-state index contributed by atoms with van der Waals surface area (Å²) in [6.45, 7) is 1.92. The molecule has 0 bridgehead atoms. The quantitative estimate of drug-likeness (QED) is 0.161. The minimum absolute atomic E-state index is 0.0179. The highest BCUT2D eigenvalue weighted by Gasteiger charge is 2.24. The third-order valence-corrected chi connectivity index (χ3v) is 7.59. The van der Waals surface area contributed by atoms with Gasteiger partial charge < -0.3 is 35.3 Å². The molecule has 14 heteroatoms. The predicted octanol–water partition coefficient (Wildman–Crippen LogP) is 5.24. The zero-order valence-corrected chi connectivity index (χ0v) is 26.7. The van der Waals surface area contributed by atoms with E-state index in [2.05, 4.69) is 20.9 Å². The van der Waals surface area contributed by atoms with Gasteiger partial charge in [0.05, 0.1) is 59.9 Å². The van der Waals surface area contributed by atoms with Crippen molar-refractivity contribution in [3.8, 4) is 5.75 Å². The van der Waals surface area contributed by atoms with E-state index in [-0.39, 0.29) is 41.0 Å². The third kappa shape index (κ3) is 8.77. The summed E-state index contributed by atoms with van der Waals surface area (Å²) in [4.78, 5) is 55.9. The number of methoxy groups -OCH3 is 1. The number of nitrogens with one attached hydrogen (secondary N) is 3. The first-order chi connectivity index (χ1) is 21.9. The summed E-state index contributed by atoms with van der Waals surface area (Å²) in [5.41, 5.74) is 3.20. The Labute approximate surface area is 275 Å². The molecule has 1 heterocycles. The molecular weight excluding hydrogens is 635 g/mol. The molecule has 0 saturated heterocycles. The summed E-state index contributed by atoms with van der Waals surface area (Å²) in [5, 5.41) is 17.9. The molecule has 0 aliphatic carbocycles. The molecule has 4 amide bonds. The maximum atomic E-state index is 13.0. The van der Waals surface area contributed by atoms with Crippen molar-refractivity contribution in [2.75, 3.05) is 24.8 Å². The number of hydrogen-bond acceptors (Lipinski definition) is 6. The first-order valence-corrected chi connectivity index (χ1v) is 14.7. The van der Waals surface area contributed by atoms with Crippen LogP contribution in [0.25, 0.3) is 0 Å². The monoisotopic (exact) mass is 666 g/mol. The van der Waals surface area contributed by atoms with Gasteiger partial charge in [-0.05, 0) is 48.4 Å². The molecule has 3 aromatic carbocycles. The lowest BCUT2D eigenvalue weighted by Gasteiger charge is -2.17. The SMILES string of the molecule is COc1cc(CC(=O)N(C)Cc2cn(CC(NC(=O)c3c(Cl)cccc3Cl)C(=O)O)cn2)ccc1NC(=O)Nc1ccccc1C. The second-order valence-electron chi connectivity index (χ2n) is 10.4. The Kier molecular flexibility index (Phi) is 11.2. The smallest absolute Gasteiger partial charge is 0.328 e. The van der Waals surface area contributed by atoms with E-state index in [0.717, 1.165) is 5.56 Å². The van der Waals surface area contributed by atoms with Crippen molar-refractivity contribution in [3.05, 3.63) is 106 Å². The molecule has 1 unspecified atom stereocenters. The van der Waals surface area contributed by atoms with Crippen molar-refractivity contribution in [2.24, 2.45) is 0 Å². The number of hydrogen-bond donors (Lipinski definition) is 4. The summed E-state index contributed by atoms with van der Waals surface area (Å²) < 4.78 is 6.96. The van der Waals surface area contributed by atoms with Crippen LogP contribution in [-0.4, -0.2) is 63.6 Å². The number of halogens is 2. The number of carbonyl (C=O) groups is 4. The van der Waals surface area contributed by atoms with E-state index in [1.165, 1.54) is 35.0 Å². The van der Waals surface area contributed by atoms with Gasteiger partial charge in [-0.2, -0.15) is 0 Å². The molecule has 240 valence electrons. The molecule has 0 fully saturated rings. The Bertz CT molecular complexity index is 1740. The Morgan fingerprint density at radius 1 is 1.00 bits per heavy atom. The second-order valence-corrected chi connectivity index (χ2v) is 11.2. The third-order valence-electron chi connectivity index (χ3n) is 6.96. The molecule has 12 nitrogen and oxygen atoms in total. The number of likely N-dealkylation sites (N-methyl/N-ethyl adjacent to an activating group) is 1. The van der Waals surface area contributed by atoms with E-state index in [0.29, 0.717) is 28.4 Å². The molecule has 0 aliphatic heterocycles. The standard InChI is InChI=1S/C32H32Cl2N6O6/c1-19-7-4-5-10-24(19)37-32(45)38-25-12-11-20(13-27(25)46-3)14-28(41)39(2)15-21-16-40(18-35-21)17-26(31(43)44)36-30(42)29-22(33)8-6-9-23(29)34/h4-13,16,18,26H,14-15,17H2,1-3H3,(H,36,42)(H,43,44)(H2,37,38,45). The summed E-state index contributed by atoms with van der Waals surface area (Å²) in [7, 11) is 3.10. The molecule has 4 aromatic rings. The van der Waals surface area contributed by atoms with Crippen molar-refractivity contribution in [3.63, 3.8) is 0 Å². The molecule has 0 saturated carbocycles. The van der Waals surface area contributed by atoms with Gasteiger partial charge in [-0.25, -0.2) is 14.6 Å². The maximum absolute atomic E-state index is 13.0. The van der Waals surface area contributed by atoms with Crippen LogP contribution in [0.5, 0.6) is 5.75 Å². The zero-order chi connectivity index (χ0) is 33.4. The van der Waals surface area contributed by atoms with E-state index < -0.39 is 23.9 Å². The molecule has 46 heavy (non-hydrogen) atoms. The van der Waals surface area contributed by atoms with Gasteiger partial charge in [0.1, 0.15) is 11.8 Å². The maximum Gasteiger partial charge on any atom is 0.328 e. The van der Waals surface area contributed by atoms with Gasteiger partial charge in [0.2, 0.25) is 5.91 Å². The van der Waals surface area contributed by atoms with Crippen molar-refractivity contribution in [2.45, 2.75) is 32.5 Å². The van der Waals surface area contributed by atoms with Gasteiger partial charge in [0.15, 0.2) is 0 Å². The molecule has 1 atom stereocenters. The number of carbonyl (C=O) groups excluding carboxylic acids is 3. The molecule has 4 N–H and O–H groups in total. The highest BCUT2D eigenvalue weighted by atomic mass is 35.5. The average Bonchev–Trinajstić information content (AvgIpc) is 3.45. The number of rotatable bonds is 12. The van der Waals surface area contributed by atoms with Crippen LogP contribution in [0.15, 0.2) is 73.2 Å². The van der Waals surface area contributed by atoms with Crippen LogP contribution in [0.3, 0.4) is 0 Å². The molecule has 0 aliphatic rings. The number of imidazole rings is 1. The number of carboxylic acid groups (broad SMARTS) is 1. The number of urea groups is 1. The van der Waals surface area contributed by atoms with Crippen LogP contribution in [0, 0.1) is 6.92 Å². The van der Waals surface area contributed by atoms with Gasteiger partial charge in [-0.1, -0.05) is 53.5 Å². The number of amides is 4. The first-order valence-electron chi connectivity index (χ1n) is 14.0. The number of ether oxygens (including phenoxy) is 1. The number of benzene rings is 3. The average molecular weight is 668 g/mol. The van der Waals surface area contributed by atoms with Crippen LogP contribution in [0.1, 0.15) is 27.2 Å². The number of aliphatic carboxylic acids is 1. The number of anilines is 2. The van der Waals surface area contributed by atoms with Crippen LogP contribution in [0.2, 0.25) is 10.0 Å². The lowest BCUT2D eigenvalue weighted by molar-refractivity contribution is -0.139. The van der Waals surface area contributed by atoms with Crippen LogP contribution < -0.4 is 20.7 Å². The zero-order valence-electron chi connectivity index (χ0n) is 25.2. The second kappa shape index (κ2) is 15.3. The van der Waals surface area contributed by atoms with Crippen molar-refractivity contribution < 1.29 is 29.0 Å². The largest absolute Gasteiger partial charge is 0.495 e. The number of carboxylic acids is 1. The van der Waals surface area contributed by atoms with Crippen LogP contribution in [0.4, 0.5) is 16.2 Å². The fourth-order valence-electron chi connectivity index (χ4n) is 4.51. The minimum atomic E-state index is -1.30. The van der Waals surface area contributed by atoms with Crippen molar-refractivity contribution >= 4 is 58.4 Å². The summed E-state index contributed by atoms with van der Waals surface area (Å²) in [5.74, 6) is -1.80. The van der Waals surface area contributed by atoms with Crippen LogP contribution in [-0.2, 0) is 29.1 Å². The van der Waals surface area contributed by atoms with Gasteiger partial charge in [0.25, 0.3) is 5.91 Å². The Balaban J connectivity index is 1.33. The minimum Gasteiger partial charge on any atom is -0.495 e. The topological polar surface area (TPSA) is 155 Å². The number of para-hydroxylation sites is 1. The van der Waals surface area contributed by atoms with Crippen molar-refractivity contribution in [1.82, 2.24) is 19.8 Å². The molecule has 0 spiro atoms.